The quantitative estimate of drug-likeness (QED) is 0.262. The van der Waals surface area contributed by atoms with E-state index >= 15 is 0 Å². The molecule has 0 bridgehead atoms. The largest absolute Gasteiger partial charge is 0.323 e. The number of aromatic nitrogens is 4. The van der Waals surface area contributed by atoms with Crippen LogP contribution in [-0.2, 0) is 0 Å². The van der Waals surface area contributed by atoms with Gasteiger partial charge in [0.15, 0.2) is 11.6 Å². The van der Waals surface area contributed by atoms with Gasteiger partial charge in [-0.1, -0.05) is 23.2 Å². The van der Waals surface area contributed by atoms with Crippen molar-refractivity contribution in [2.24, 2.45) is 0 Å². The van der Waals surface area contributed by atoms with Gasteiger partial charge in [-0.05, 0) is 69.0 Å². The minimum absolute atomic E-state index is 0.313. The Morgan fingerprint density at radius 1 is 1.06 bits per heavy atom. The molecule has 2 saturated heterocycles. The van der Waals surface area contributed by atoms with Crippen LogP contribution in [0.1, 0.15) is 35.6 Å². The maximum atomic E-state index is 9.71. The van der Waals surface area contributed by atoms with Crippen molar-refractivity contribution in [3.05, 3.63) is 51.3 Å². The van der Waals surface area contributed by atoms with Crippen molar-refractivity contribution < 1.29 is 9.11 Å². The first-order valence-corrected chi connectivity index (χ1v) is 14.2. The zero-order chi connectivity index (χ0) is 24.7. The molecule has 35 heavy (non-hydrogen) atoms. The SMILES string of the molecule is Cc1cc(Nc2nc(Nc3cc(C)c(C4CCN(C5CS(O)(O)C5)CC4)cc3Cl)ncc2Cl)n[nH]1. The Morgan fingerprint density at radius 3 is 2.46 bits per heavy atom. The van der Waals surface area contributed by atoms with Gasteiger partial charge in [0.25, 0.3) is 0 Å². The standard InChI is InChI=1S/C23H29Cl2N7O2S/c1-13-7-20(27-23-26-10-19(25)22(29-23)28-21-8-14(2)30-31-21)18(24)9-17(13)15-3-5-32(6-4-15)16-11-35(33,34)12-16/h7-10,15-16,33-34H,3-6,11-12H2,1-2H3,(H3,26,27,28,29,30,31). The number of hydrogen-bond acceptors (Lipinski definition) is 8. The van der Waals surface area contributed by atoms with E-state index in [1.54, 1.807) is 0 Å². The molecule has 0 atom stereocenters. The average Bonchev–Trinajstić information content (AvgIpc) is 3.21. The van der Waals surface area contributed by atoms with E-state index in [-0.39, 0.29) is 0 Å². The van der Waals surface area contributed by atoms with Gasteiger partial charge in [0.1, 0.15) is 5.02 Å². The minimum Gasteiger partial charge on any atom is -0.323 e. The van der Waals surface area contributed by atoms with Crippen molar-refractivity contribution in [3.63, 3.8) is 0 Å². The second-order valence-electron chi connectivity index (χ2n) is 9.36. The molecule has 0 radical (unpaired) electrons. The van der Waals surface area contributed by atoms with Crippen LogP contribution < -0.4 is 10.6 Å². The van der Waals surface area contributed by atoms with Crippen molar-refractivity contribution in [2.45, 2.75) is 38.6 Å². The van der Waals surface area contributed by atoms with E-state index in [4.69, 9.17) is 23.2 Å². The molecular weight excluding hydrogens is 509 g/mol. The summed E-state index contributed by atoms with van der Waals surface area (Å²) in [6.07, 6.45) is 3.59. The number of benzene rings is 1. The number of anilines is 4. The van der Waals surface area contributed by atoms with E-state index in [1.807, 2.05) is 25.1 Å². The van der Waals surface area contributed by atoms with Crippen molar-refractivity contribution in [2.75, 3.05) is 35.2 Å². The molecule has 2 fully saturated rings. The molecule has 2 aliphatic heterocycles. The Bertz CT molecular complexity index is 1220. The molecule has 0 unspecified atom stereocenters. The summed E-state index contributed by atoms with van der Waals surface area (Å²) in [5.41, 5.74) is 4.07. The molecule has 0 spiro atoms. The number of nitrogens with zero attached hydrogens (tertiary/aromatic N) is 4. The highest BCUT2D eigenvalue weighted by molar-refractivity contribution is 8.25. The molecular formula is C23H29Cl2N7O2S. The van der Waals surface area contributed by atoms with Gasteiger partial charge in [-0.3, -0.25) is 19.1 Å². The fourth-order valence-corrected chi connectivity index (χ4v) is 6.74. The smallest absolute Gasteiger partial charge is 0.229 e. The van der Waals surface area contributed by atoms with Crippen molar-refractivity contribution >= 4 is 57.1 Å². The third-order valence-corrected chi connectivity index (χ3v) is 9.13. The van der Waals surface area contributed by atoms with Crippen LogP contribution in [0.5, 0.6) is 0 Å². The number of piperidine rings is 1. The fourth-order valence-electron chi connectivity index (χ4n) is 4.83. The number of halogens is 2. The summed E-state index contributed by atoms with van der Waals surface area (Å²) in [5, 5.41) is 14.3. The summed E-state index contributed by atoms with van der Waals surface area (Å²) in [7, 11) is -2.30. The lowest BCUT2D eigenvalue weighted by molar-refractivity contribution is 0.160. The molecule has 9 nitrogen and oxygen atoms in total. The van der Waals surface area contributed by atoms with Crippen molar-refractivity contribution in [3.8, 4) is 0 Å². The summed E-state index contributed by atoms with van der Waals surface area (Å²) in [6.45, 7) is 5.94. The molecule has 2 aliphatic rings. The molecule has 5 rings (SSSR count). The number of H-pyrrole nitrogens is 1. The van der Waals surface area contributed by atoms with Crippen LogP contribution >= 0.6 is 33.8 Å². The van der Waals surface area contributed by atoms with Gasteiger partial charge in [0.2, 0.25) is 5.95 Å². The molecule has 4 heterocycles. The Kier molecular flexibility index (Phi) is 6.86. The fraction of sp³-hybridized carbons (Fsp3) is 0.435. The second kappa shape index (κ2) is 9.76. The number of likely N-dealkylation sites (tertiary alicyclic amines) is 1. The van der Waals surface area contributed by atoms with Gasteiger partial charge < -0.3 is 10.6 Å². The van der Waals surface area contributed by atoms with Crippen molar-refractivity contribution in [1.82, 2.24) is 25.1 Å². The highest BCUT2D eigenvalue weighted by atomic mass is 35.5. The predicted molar refractivity (Wildman–Crippen MR) is 143 cm³/mol. The van der Waals surface area contributed by atoms with Crippen LogP contribution in [0.3, 0.4) is 0 Å². The topological polar surface area (TPSA) is 122 Å². The summed E-state index contributed by atoms with van der Waals surface area (Å²) in [6, 6.07) is 6.25. The first-order chi connectivity index (χ1) is 16.7. The summed E-state index contributed by atoms with van der Waals surface area (Å²) >= 11 is 12.9. The Balaban J connectivity index is 1.26. The summed E-state index contributed by atoms with van der Waals surface area (Å²) in [4.78, 5) is 11.2. The number of aryl methyl sites for hydroxylation is 2. The first-order valence-electron chi connectivity index (χ1n) is 11.5. The van der Waals surface area contributed by atoms with E-state index < -0.39 is 10.6 Å². The summed E-state index contributed by atoms with van der Waals surface area (Å²) < 4.78 is 19.4. The van der Waals surface area contributed by atoms with Gasteiger partial charge in [-0.15, -0.1) is 0 Å². The number of rotatable bonds is 6. The number of hydrogen-bond donors (Lipinski definition) is 5. The Labute approximate surface area is 216 Å². The molecule has 0 aliphatic carbocycles. The van der Waals surface area contributed by atoms with Crippen molar-refractivity contribution in [1.29, 1.82) is 0 Å². The average molecular weight is 539 g/mol. The molecule has 0 saturated carbocycles. The van der Waals surface area contributed by atoms with E-state index in [2.05, 4.69) is 42.6 Å². The molecule has 2 aromatic heterocycles. The van der Waals surface area contributed by atoms with Crippen LogP contribution in [-0.4, -0.2) is 64.8 Å². The number of nitrogens with one attached hydrogen (secondary N) is 3. The Morgan fingerprint density at radius 2 is 1.80 bits per heavy atom. The third-order valence-electron chi connectivity index (χ3n) is 6.70. The monoisotopic (exact) mass is 537 g/mol. The molecule has 3 aromatic rings. The van der Waals surface area contributed by atoms with E-state index in [9.17, 15) is 9.11 Å². The minimum atomic E-state index is -2.30. The molecule has 188 valence electrons. The highest BCUT2D eigenvalue weighted by Gasteiger charge is 2.39. The second-order valence-corrected chi connectivity index (χ2v) is 12.4. The third kappa shape index (κ3) is 5.52. The van der Waals surface area contributed by atoms with Crippen LogP contribution in [0.25, 0.3) is 0 Å². The van der Waals surface area contributed by atoms with Crippen LogP contribution in [0.2, 0.25) is 10.0 Å². The van der Waals surface area contributed by atoms with Gasteiger partial charge in [0.05, 0.1) is 28.4 Å². The zero-order valence-corrected chi connectivity index (χ0v) is 21.9. The lowest BCUT2D eigenvalue weighted by Crippen LogP contribution is -2.53. The lowest BCUT2D eigenvalue weighted by Gasteiger charge is -2.52. The highest BCUT2D eigenvalue weighted by Crippen LogP contribution is 2.51. The molecule has 5 N–H and O–H groups in total. The van der Waals surface area contributed by atoms with Crippen LogP contribution in [0.4, 0.5) is 23.3 Å². The lowest BCUT2D eigenvalue weighted by atomic mass is 9.86. The van der Waals surface area contributed by atoms with Crippen LogP contribution in [0.15, 0.2) is 24.4 Å². The first kappa shape index (κ1) is 24.6. The maximum Gasteiger partial charge on any atom is 0.229 e. The Hall–Kier alpha value is -2.08. The maximum absolute atomic E-state index is 9.71. The summed E-state index contributed by atoms with van der Waals surface area (Å²) in [5.74, 6) is 2.90. The van der Waals surface area contributed by atoms with Crippen LogP contribution in [0, 0.1) is 13.8 Å². The van der Waals surface area contributed by atoms with Gasteiger partial charge in [0, 0.05) is 17.8 Å². The van der Waals surface area contributed by atoms with Gasteiger partial charge in [-0.25, -0.2) is 4.98 Å². The van der Waals surface area contributed by atoms with Gasteiger partial charge >= 0.3 is 0 Å². The normalized spacial score (nSPS) is 19.8. The number of aromatic amines is 1. The van der Waals surface area contributed by atoms with Gasteiger partial charge in [-0.2, -0.15) is 20.7 Å². The van der Waals surface area contributed by atoms with E-state index in [0.29, 0.717) is 51.1 Å². The molecule has 12 heteroatoms. The zero-order valence-electron chi connectivity index (χ0n) is 19.6. The molecule has 1 aromatic carbocycles. The molecule has 0 amide bonds. The van der Waals surface area contributed by atoms with E-state index in [1.165, 1.54) is 11.8 Å². The van der Waals surface area contributed by atoms with E-state index in [0.717, 1.165) is 42.9 Å². The predicted octanol–water partition coefficient (Wildman–Crippen LogP) is 5.92.